The third-order valence-electron chi connectivity index (χ3n) is 11.4. The van der Waals surface area contributed by atoms with Crippen molar-refractivity contribution >= 4 is 42.2 Å². The number of hydrogen-bond donors (Lipinski definition) is 2. The maximum atomic E-state index is 14.5. The first kappa shape index (κ1) is 41.5. The smallest absolute Gasteiger partial charge is 0.334 e. The fraction of sp³-hybridized carbons (Fsp3) is 0.811. The van der Waals surface area contributed by atoms with Crippen LogP contribution in [0.4, 0.5) is 9.59 Å². The number of esters is 2. The van der Waals surface area contributed by atoms with Crippen molar-refractivity contribution in [3.63, 3.8) is 0 Å². The summed E-state index contributed by atoms with van der Waals surface area (Å²) in [7, 11) is 0. The number of aliphatic imine (C=N–C) groups is 1. The molecule has 1 saturated heterocycles. The van der Waals surface area contributed by atoms with E-state index in [0.29, 0.717) is 42.2 Å². The lowest BCUT2D eigenvalue weighted by Crippen LogP contribution is -2.79. The van der Waals surface area contributed by atoms with Gasteiger partial charge in [-0.15, -0.1) is 0 Å². The minimum Gasteiger partial charge on any atom is -0.462 e. The van der Waals surface area contributed by atoms with Crippen molar-refractivity contribution < 1.29 is 52.8 Å². The van der Waals surface area contributed by atoms with Crippen molar-refractivity contribution in [2.24, 2.45) is 10.9 Å². The number of urea groups is 2. The van der Waals surface area contributed by atoms with Gasteiger partial charge in [-0.2, -0.15) is 0 Å². The Kier molecular flexibility index (Phi) is 15.2. The number of nitrogens with zero attached hydrogens (tertiary/aromatic N) is 5. The van der Waals surface area contributed by atoms with Crippen molar-refractivity contribution in [1.29, 1.82) is 0 Å². The van der Waals surface area contributed by atoms with Crippen molar-refractivity contribution in [2.45, 2.75) is 127 Å². The molecule has 3 aliphatic carbocycles. The summed E-state index contributed by atoms with van der Waals surface area (Å²) in [6.45, 7) is 3.32. The highest BCUT2D eigenvalue weighted by Crippen LogP contribution is 2.39. The Morgan fingerprint density at radius 3 is 1.85 bits per heavy atom. The van der Waals surface area contributed by atoms with Crippen molar-refractivity contribution in [2.75, 3.05) is 59.2 Å². The molecule has 0 radical (unpaired) electrons. The zero-order chi connectivity index (χ0) is 38.7. The van der Waals surface area contributed by atoms with Crippen LogP contribution in [0, 0.1) is 5.92 Å². The maximum Gasteiger partial charge on any atom is 0.334 e. The first-order valence-electron chi connectivity index (χ1n) is 19.8. The van der Waals surface area contributed by atoms with E-state index < -0.39 is 60.6 Å². The van der Waals surface area contributed by atoms with Crippen LogP contribution in [0.15, 0.2) is 4.99 Å². The van der Waals surface area contributed by atoms with Gasteiger partial charge in [0.15, 0.2) is 0 Å². The molecule has 17 heteroatoms. The van der Waals surface area contributed by atoms with Crippen LogP contribution in [-0.2, 0) is 38.1 Å². The molecule has 5 aliphatic rings. The van der Waals surface area contributed by atoms with Gasteiger partial charge in [-0.05, 0) is 57.4 Å². The van der Waals surface area contributed by atoms with Crippen LogP contribution < -0.4 is 5.32 Å². The van der Waals surface area contributed by atoms with Crippen LogP contribution in [0.3, 0.4) is 0 Å². The topological polar surface area (TPSA) is 197 Å². The van der Waals surface area contributed by atoms with Crippen molar-refractivity contribution in [1.82, 2.24) is 24.9 Å². The second-order valence-corrected chi connectivity index (χ2v) is 14.9. The van der Waals surface area contributed by atoms with Gasteiger partial charge in [0.2, 0.25) is 0 Å². The number of carbonyl (C=O) groups excluding carboxylic acids is 6. The van der Waals surface area contributed by atoms with Crippen LogP contribution in [-0.4, -0.2) is 156 Å². The number of amides is 6. The zero-order valence-electron chi connectivity index (χ0n) is 31.8. The van der Waals surface area contributed by atoms with E-state index in [0.717, 1.165) is 75.4 Å². The summed E-state index contributed by atoms with van der Waals surface area (Å²) in [5.41, 5.74) is -2.62. The fourth-order valence-corrected chi connectivity index (χ4v) is 8.58. The molecule has 0 aromatic rings. The molecule has 0 aromatic carbocycles. The van der Waals surface area contributed by atoms with Crippen molar-refractivity contribution in [3.05, 3.63) is 0 Å². The SMILES string of the molecule is CCN(CCO)C1CCC(N2C(=O)NC=NC23C(=O)N(CC(=O)OCCOC2CCCCC2)C(=O)N(CC(=O)OCCOC2CCCCC2)C3=O)C(C)C1. The number of aliphatic hydroxyl groups excluding tert-OH is 1. The van der Waals surface area contributed by atoms with Gasteiger partial charge in [0.05, 0.1) is 38.4 Å². The molecule has 1 spiro atoms. The first-order chi connectivity index (χ1) is 26.1. The normalized spacial score (nSPS) is 25.4. The lowest BCUT2D eigenvalue weighted by Gasteiger charge is -2.52. The molecule has 54 heavy (non-hydrogen) atoms. The third-order valence-corrected chi connectivity index (χ3v) is 11.4. The zero-order valence-corrected chi connectivity index (χ0v) is 31.8. The Labute approximate surface area is 317 Å². The van der Waals surface area contributed by atoms with E-state index in [1.807, 2.05) is 13.8 Å². The van der Waals surface area contributed by atoms with Gasteiger partial charge in [-0.25, -0.2) is 24.4 Å². The van der Waals surface area contributed by atoms with E-state index in [1.165, 1.54) is 0 Å². The molecule has 17 nitrogen and oxygen atoms in total. The Balaban J connectivity index is 1.34. The van der Waals surface area contributed by atoms with Gasteiger partial charge in [0, 0.05) is 18.6 Å². The second-order valence-electron chi connectivity index (χ2n) is 14.9. The molecule has 6 amide bonds. The molecule has 0 aromatic heterocycles. The summed E-state index contributed by atoms with van der Waals surface area (Å²) in [5.74, 6) is -4.53. The summed E-state index contributed by atoms with van der Waals surface area (Å²) >= 11 is 0. The maximum absolute atomic E-state index is 14.5. The third kappa shape index (κ3) is 9.76. The van der Waals surface area contributed by atoms with E-state index in [4.69, 9.17) is 18.9 Å². The first-order valence-corrected chi connectivity index (χ1v) is 19.8. The second kappa shape index (κ2) is 19.8. The lowest BCUT2D eigenvalue weighted by molar-refractivity contribution is -0.168. The number of likely N-dealkylation sites (N-methyl/N-ethyl adjacent to an activating group) is 1. The highest BCUT2D eigenvalue weighted by atomic mass is 16.6. The summed E-state index contributed by atoms with van der Waals surface area (Å²) < 4.78 is 22.3. The van der Waals surface area contributed by atoms with Crippen LogP contribution in [0.25, 0.3) is 0 Å². The molecule has 2 N–H and O–H groups in total. The van der Waals surface area contributed by atoms with Crippen LogP contribution in [0.2, 0.25) is 0 Å². The summed E-state index contributed by atoms with van der Waals surface area (Å²) in [5, 5.41) is 12.1. The fourth-order valence-electron chi connectivity index (χ4n) is 8.58. The number of rotatable bonds is 17. The molecule has 4 fully saturated rings. The van der Waals surface area contributed by atoms with Gasteiger partial charge in [-0.3, -0.25) is 34.3 Å². The molecule has 2 heterocycles. The van der Waals surface area contributed by atoms with Gasteiger partial charge in [0.25, 0.3) is 17.5 Å². The van der Waals surface area contributed by atoms with Gasteiger partial charge >= 0.3 is 24.0 Å². The highest BCUT2D eigenvalue weighted by molar-refractivity contribution is 6.25. The summed E-state index contributed by atoms with van der Waals surface area (Å²) in [4.78, 5) is 91.5. The average Bonchev–Trinajstić information content (AvgIpc) is 3.18. The largest absolute Gasteiger partial charge is 0.462 e. The summed E-state index contributed by atoms with van der Waals surface area (Å²) in [6, 6.07) is -2.63. The molecule has 302 valence electrons. The highest BCUT2D eigenvalue weighted by Gasteiger charge is 2.66. The predicted octanol–water partition coefficient (Wildman–Crippen LogP) is 2.18. The molecular formula is C37H58N6O11. The predicted molar refractivity (Wildman–Crippen MR) is 193 cm³/mol. The average molecular weight is 763 g/mol. The Morgan fingerprint density at radius 1 is 0.833 bits per heavy atom. The van der Waals surface area contributed by atoms with Gasteiger partial charge in [-0.1, -0.05) is 52.4 Å². The number of nitrogens with one attached hydrogen (secondary N) is 1. The molecule has 5 rings (SSSR count). The number of hydrogen-bond acceptors (Lipinski definition) is 13. The minimum atomic E-state index is -2.62. The Morgan fingerprint density at radius 2 is 1.37 bits per heavy atom. The van der Waals surface area contributed by atoms with E-state index >= 15 is 0 Å². The van der Waals surface area contributed by atoms with Crippen LogP contribution in [0.5, 0.6) is 0 Å². The Bertz CT molecular complexity index is 1310. The minimum absolute atomic E-state index is 0.0108. The van der Waals surface area contributed by atoms with Gasteiger partial charge < -0.3 is 24.1 Å². The quantitative estimate of drug-likeness (QED) is 0.125. The molecule has 3 saturated carbocycles. The van der Waals surface area contributed by atoms with E-state index in [-0.39, 0.29) is 57.2 Å². The Hall–Kier alpha value is -3.67. The number of aliphatic hydroxyl groups is 1. The van der Waals surface area contributed by atoms with E-state index in [2.05, 4.69) is 15.2 Å². The van der Waals surface area contributed by atoms with Gasteiger partial charge in [0.1, 0.15) is 26.3 Å². The van der Waals surface area contributed by atoms with Crippen LogP contribution >= 0.6 is 0 Å². The molecule has 3 atom stereocenters. The number of ether oxygens (including phenoxy) is 4. The monoisotopic (exact) mass is 762 g/mol. The van der Waals surface area contributed by atoms with E-state index in [1.54, 1.807) is 0 Å². The van der Waals surface area contributed by atoms with Crippen molar-refractivity contribution in [3.8, 4) is 0 Å². The number of imide groups is 2. The lowest BCUT2D eigenvalue weighted by atomic mass is 9.79. The standard InChI is InChI=1S/C37H58N6O11/c1-3-40(16-17-44)27-14-15-30(26(2)22-27)43-35(49)38-25-39-37(43)33(47)41(23-31(45)53-20-18-51-28-10-6-4-7-11-28)36(50)42(34(37)48)24-32(46)54-21-19-52-29-12-8-5-9-13-29/h25-30,44H,3-24H2,1-2H3,(H,38,39,49). The molecule has 2 aliphatic heterocycles. The molecule has 0 bridgehead atoms. The van der Waals surface area contributed by atoms with Crippen LogP contribution in [0.1, 0.15) is 97.3 Å². The summed E-state index contributed by atoms with van der Waals surface area (Å²) in [6.07, 6.45) is 13.0. The molecular weight excluding hydrogens is 704 g/mol. The molecule has 3 unspecified atom stereocenters. The number of barbiturate groups is 1. The van der Waals surface area contributed by atoms with E-state index in [9.17, 15) is 33.9 Å². The number of carbonyl (C=O) groups is 6.